The van der Waals surface area contributed by atoms with Crippen LogP contribution in [0.4, 0.5) is 5.82 Å². The Morgan fingerprint density at radius 2 is 2.04 bits per heavy atom. The monoisotopic (exact) mass is 458 g/mol. The van der Waals surface area contributed by atoms with E-state index in [4.69, 9.17) is 5.73 Å². The summed E-state index contributed by atoms with van der Waals surface area (Å²) < 4.78 is 3.54. The van der Waals surface area contributed by atoms with Gasteiger partial charge in [0.25, 0.3) is 0 Å². The number of nitrogens with two attached hydrogens (primary N) is 1. The first kappa shape index (κ1) is 20.0. The van der Waals surface area contributed by atoms with Crippen LogP contribution in [0.3, 0.4) is 0 Å². The Morgan fingerprint density at radius 3 is 2.70 bits per heavy atom. The van der Waals surface area contributed by atoms with E-state index in [1.165, 1.54) is 20.7 Å². The molecule has 3 rings (SSSR count). The molecule has 0 bridgehead atoms. The lowest BCUT2D eigenvalue weighted by molar-refractivity contribution is -0.692. The number of pyridine rings is 1. The quantitative estimate of drug-likeness (QED) is 0.575. The van der Waals surface area contributed by atoms with E-state index >= 15 is 0 Å². The van der Waals surface area contributed by atoms with Crippen LogP contribution in [-0.4, -0.2) is 9.97 Å². The Morgan fingerprint density at radius 1 is 1.30 bits per heavy atom. The number of aryl methyl sites for hydroxylation is 3. The van der Waals surface area contributed by atoms with Gasteiger partial charge in [-0.25, -0.2) is 9.97 Å². The van der Waals surface area contributed by atoms with E-state index in [2.05, 4.69) is 46.7 Å². The summed E-state index contributed by atoms with van der Waals surface area (Å²) in [4.78, 5) is 10.0. The fourth-order valence-electron chi connectivity index (χ4n) is 2.46. The normalized spacial score (nSPS) is 10.2. The van der Waals surface area contributed by atoms with Crippen LogP contribution in [0.25, 0.3) is 10.1 Å². The van der Waals surface area contributed by atoms with Gasteiger partial charge in [-0.2, -0.15) is 4.57 Å². The van der Waals surface area contributed by atoms with Crippen LogP contribution in [0.5, 0.6) is 0 Å². The van der Waals surface area contributed by atoms with Crippen LogP contribution in [0.1, 0.15) is 28.9 Å². The molecular weight excluding hydrogens is 440 g/mol. The lowest BCUT2D eigenvalue weighted by atomic mass is 10.2. The Kier molecular flexibility index (Phi) is 7.10. The summed E-state index contributed by atoms with van der Waals surface area (Å²) in [6.07, 6.45) is 4.76. The Balaban J connectivity index is 0.00000132. The van der Waals surface area contributed by atoms with Crippen LogP contribution in [0.15, 0.2) is 24.5 Å². The Labute approximate surface area is 161 Å². The maximum atomic E-state index is 6.05. The number of anilines is 1. The number of rotatable bonds is 3. The molecule has 3 heterocycles. The molecule has 0 aromatic carbocycles. The third-order valence-corrected chi connectivity index (χ3v) is 4.86. The molecule has 0 spiro atoms. The van der Waals surface area contributed by atoms with Crippen molar-refractivity contribution in [3.05, 3.63) is 46.5 Å². The minimum Gasteiger partial charge on any atom is -1.00 e. The van der Waals surface area contributed by atoms with Gasteiger partial charge in [0, 0.05) is 35.9 Å². The summed E-state index contributed by atoms with van der Waals surface area (Å²) in [7, 11) is 0. The van der Waals surface area contributed by atoms with Gasteiger partial charge in [0.1, 0.15) is 16.3 Å². The van der Waals surface area contributed by atoms with E-state index in [-0.39, 0.29) is 34.0 Å². The molecular formula is C16H20Br2N4S. The van der Waals surface area contributed by atoms with Crippen LogP contribution < -0.4 is 27.3 Å². The van der Waals surface area contributed by atoms with E-state index in [1.807, 2.05) is 24.5 Å². The summed E-state index contributed by atoms with van der Waals surface area (Å²) in [5, 5.41) is 1.30. The zero-order valence-electron chi connectivity index (χ0n) is 13.3. The van der Waals surface area contributed by atoms with Crippen molar-refractivity contribution in [2.45, 2.75) is 33.7 Å². The van der Waals surface area contributed by atoms with Gasteiger partial charge in [-0.05, 0) is 13.0 Å². The SMILES string of the molecule is Br.CCc1ncc(C[n+]2ccc3cc(C)sc3c2C)c(N)n1.[Br-]. The smallest absolute Gasteiger partial charge is 0.196 e. The number of hydrogen-bond acceptors (Lipinski definition) is 4. The minimum absolute atomic E-state index is 0. The molecule has 0 amide bonds. The molecule has 0 atom stereocenters. The predicted octanol–water partition coefficient (Wildman–Crippen LogP) is 0.370. The molecule has 3 aromatic heterocycles. The summed E-state index contributed by atoms with van der Waals surface area (Å²) in [5.41, 5.74) is 8.27. The van der Waals surface area contributed by atoms with Crippen LogP contribution in [-0.2, 0) is 13.0 Å². The van der Waals surface area contributed by atoms with E-state index in [0.717, 1.165) is 17.8 Å². The number of nitrogen functional groups attached to an aromatic ring is 1. The van der Waals surface area contributed by atoms with Crippen LogP contribution >= 0.6 is 28.3 Å². The van der Waals surface area contributed by atoms with E-state index < -0.39 is 0 Å². The Hall–Kier alpha value is -1.05. The van der Waals surface area contributed by atoms with Gasteiger partial charge in [-0.1, -0.05) is 6.92 Å². The molecule has 0 saturated heterocycles. The van der Waals surface area contributed by atoms with Gasteiger partial charge >= 0.3 is 0 Å². The highest BCUT2D eigenvalue weighted by atomic mass is 79.9. The summed E-state index contributed by atoms with van der Waals surface area (Å²) in [5.74, 6) is 1.37. The highest BCUT2D eigenvalue weighted by Gasteiger charge is 2.15. The molecule has 23 heavy (non-hydrogen) atoms. The van der Waals surface area contributed by atoms with Crippen molar-refractivity contribution in [1.29, 1.82) is 0 Å². The molecule has 0 fully saturated rings. The Bertz CT molecular complexity index is 817. The molecule has 2 N–H and O–H groups in total. The average molecular weight is 460 g/mol. The maximum absolute atomic E-state index is 6.05. The molecule has 0 radical (unpaired) electrons. The van der Waals surface area contributed by atoms with Crippen molar-refractivity contribution >= 4 is 44.2 Å². The lowest BCUT2D eigenvalue weighted by Gasteiger charge is -2.05. The van der Waals surface area contributed by atoms with Crippen molar-refractivity contribution in [1.82, 2.24) is 9.97 Å². The lowest BCUT2D eigenvalue weighted by Crippen LogP contribution is -3.00. The number of thiophene rings is 1. The average Bonchev–Trinajstić information content (AvgIpc) is 2.85. The molecule has 0 aliphatic rings. The van der Waals surface area contributed by atoms with Crippen molar-refractivity contribution in [3.8, 4) is 0 Å². The van der Waals surface area contributed by atoms with Crippen LogP contribution in [0.2, 0.25) is 0 Å². The number of aromatic nitrogens is 3. The van der Waals surface area contributed by atoms with Gasteiger partial charge < -0.3 is 22.7 Å². The van der Waals surface area contributed by atoms with Crippen molar-refractivity contribution in [2.24, 2.45) is 0 Å². The second kappa shape index (κ2) is 8.17. The van der Waals surface area contributed by atoms with Crippen molar-refractivity contribution in [2.75, 3.05) is 5.73 Å². The molecule has 4 nitrogen and oxygen atoms in total. The van der Waals surface area contributed by atoms with Gasteiger partial charge in [-0.15, -0.1) is 28.3 Å². The largest absolute Gasteiger partial charge is 1.00 e. The first-order valence-electron chi connectivity index (χ1n) is 7.08. The first-order chi connectivity index (χ1) is 10.1. The fourth-order valence-corrected chi connectivity index (χ4v) is 3.48. The van der Waals surface area contributed by atoms with E-state index in [0.29, 0.717) is 12.4 Å². The predicted molar refractivity (Wildman–Crippen MR) is 96.7 cm³/mol. The molecule has 7 heteroatoms. The van der Waals surface area contributed by atoms with Gasteiger partial charge in [-0.3, -0.25) is 0 Å². The van der Waals surface area contributed by atoms with Crippen LogP contribution in [0, 0.1) is 13.8 Å². The highest BCUT2D eigenvalue weighted by molar-refractivity contribution is 8.93. The number of fused-ring (bicyclic) bond motifs is 1. The number of halogens is 2. The summed E-state index contributed by atoms with van der Waals surface area (Å²) >= 11 is 1.83. The zero-order valence-corrected chi connectivity index (χ0v) is 17.5. The zero-order chi connectivity index (χ0) is 15.0. The molecule has 0 saturated carbocycles. The summed E-state index contributed by atoms with van der Waals surface area (Å²) in [6, 6.07) is 4.38. The van der Waals surface area contributed by atoms with Gasteiger partial charge in [0.05, 0.1) is 5.56 Å². The number of nitrogens with zero attached hydrogens (tertiary/aromatic N) is 3. The van der Waals surface area contributed by atoms with Gasteiger partial charge in [0.2, 0.25) is 0 Å². The number of hydrogen-bond donors (Lipinski definition) is 1. The standard InChI is InChI=1S/C16H19N4S.2BrH/c1-4-14-18-8-13(16(17)19-14)9-20-6-5-12-7-10(2)21-15(12)11(20)3;;/h5-8H,4,9H2,1-3H3,(H2,17,18,19);2*1H/q+1;;/p-1. The van der Waals surface area contributed by atoms with E-state index in [1.54, 1.807) is 0 Å². The third-order valence-electron chi connectivity index (χ3n) is 3.68. The van der Waals surface area contributed by atoms with E-state index in [9.17, 15) is 0 Å². The maximum Gasteiger partial charge on any atom is 0.196 e. The molecule has 124 valence electrons. The third kappa shape index (κ3) is 4.08. The van der Waals surface area contributed by atoms with Gasteiger partial charge in [0.15, 0.2) is 18.4 Å². The first-order valence-corrected chi connectivity index (χ1v) is 7.89. The highest BCUT2D eigenvalue weighted by Crippen LogP contribution is 2.26. The second-order valence-electron chi connectivity index (χ2n) is 5.22. The van der Waals surface area contributed by atoms with Crippen molar-refractivity contribution in [3.63, 3.8) is 0 Å². The fraction of sp³-hybridized carbons (Fsp3) is 0.312. The molecule has 0 unspecified atom stereocenters. The summed E-state index contributed by atoms with van der Waals surface area (Å²) in [6.45, 7) is 7.02. The minimum atomic E-state index is 0. The topological polar surface area (TPSA) is 55.7 Å². The molecule has 3 aromatic rings. The second-order valence-corrected chi connectivity index (χ2v) is 6.48. The molecule has 0 aliphatic heterocycles. The van der Waals surface area contributed by atoms with Crippen molar-refractivity contribution < 1.29 is 21.5 Å². The molecule has 0 aliphatic carbocycles.